The van der Waals surface area contributed by atoms with Gasteiger partial charge < -0.3 is 16.8 Å². The third-order valence-electron chi connectivity index (χ3n) is 2.73. The molecule has 2 rings (SSSR count). The number of carbonyl (C=O) groups is 1. The number of rotatable bonds is 3. The van der Waals surface area contributed by atoms with Crippen molar-refractivity contribution in [3.63, 3.8) is 0 Å². The molecule has 2 aromatic rings. The van der Waals surface area contributed by atoms with Crippen LogP contribution in [0.15, 0.2) is 42.5 Å². The minimum absolute atomic E-state index is 0.281. The van der Waals surface area contributed by atoms with Crippen LogP contribution in [0.25, 0.3) is 0 Å². The van der Waals surface area contributed by atoms with E-state index in [1.165, 1.54) is 0 Å². The van der Waals surface area contributed by atoms with Crippen LogP contribution in [0.1, 0.15) is 15.9 Å². The molecule has 0 spiro atoms. The van der Waals surface area contributed by atoms with Gasteiger partial charge in [0.25, 0.3) is 5.91 Å². The number of hydrogen-bond acceptors (Lipinski definition) is 4. The average Bonchev–Trinajstić information content (AvgIpc) is 2.40. The van der Waals surface area contributed by atoms with Crippen LogP contribution in [0, 0.1) is 11.3 Å². The van der Waals surface area contributed by atoms with Crippen LogP contribution in [0.3, 0.4) is 0 Å². The van der Waals surface area contributed by atoms with Gasteiger partial charge in [0.05, 0.1) is 12.5 Å². The molecule has 1 amide bonds. The molecule has 0 fully saturated rings. The monoisotopic (exact) mass is 266 g/mol. The van der Waals surface area contributed by atoms with E-state index < -0.39 is 0 Å². The van der Waals surface area contributed by atoms with E-state index in [1.54, 1.807) is 42.5 Å². The van der Waals surface area contributed by atoms with Crippen LogP contribution in [-0.2, 0) is 6.42 Å². The number of nitrogens with two attached hydrogens (primary N) is 2. The summed E-state index contributed by atoms with van der Waals surface area (Å²) in [6.07, 6.45) is 0.347. The van der Waals surface area contributed by atoms with Crippen molar-refractivity contribution in [2.75, 3.05) is 16.8 Å². The van der Waals surface area contributed by atoms with Gasteiger partial charge in [-0.05, 0) is 35.9 Å². The number of nitriles is 1. The highest BCUT2D eigenvalue weighted by Crippen LogP contribution is 2.16. The van der Waals surface area contributed by atoms with Crippen LogP contribution in [-0.4, -0.2) is 5.91 Å². The minimum atomic E-state index is -0.281. The first kappa shape index (κ1) is 13.4. The molecule has 5 heteroatoms. The van der Waals surface area contributed by atoms with Crippen molar-refractivity contribution in [2.24, 2.45) is 0 Å². The quantitative estimate of drug-likeness (QED) is 0.740. The van der Waals surface area contributed by atoms with Crippen molar-refractivity contribution < 1.29 is 4.79 Å². The summed E-state index contributed by atoms with van der Waals surface area (Å²) in [5, 5.41) is 11.3. The summed E-state index contributed by atoms with van der Waals surface area (Å²) in [5.74, 6) is -0.281. The summed E-state index contributed by atoms with van der Waals surface area (Å²) in [6, 6.07) is 13.9. The molecule has 0 aliphatic rings. The second-order valence-electron chi connectivity index (χ2n) is 4.37. The third kappa shape index (κ3) is 3.27. The normalized spacial score (nSPS) is 9.75. The molecular formula is C15H14N4O. The lowest BCUT2D eigenvalue weighted by Gasteiger charge is -2.07. The van der Waals surface area contributed by atoms with E-state index in [0.717, 1.165) is 5.56 Å². The number of anilines is 3. The lowest BCUT2D eigenvalue weighted by molar-refractivity contribution is 0.102. The van der Waals surface area contributed by atoms with Gasteiger partial charge in [0.2, 0.25) is 0 Å². The minimum Gasteiger partial charge on any atom is -0.399 e. The van der Waals surface area contributed by atoms with E-state index in [4.69, 9.17) is 16.7 Å². The number of nitrogen functional groups attached to an aromatic ring is 2. The van der Waals surface area contributed by atoms with E-state index in [2.05, 4.69) is 11.4 Å². The Labute approximate surface area is 116 Å². The highest BCUT2D eigenvalue weighted by atomic mass is 16.1. The number of benzene rings is 2. The number of amides is 1. The van der Waals surface area contributed by atoms with Gasteiger partial charge in [0.1, 0.15) is 0 Å². The molecule has 0 radical (unpaired) electrons. The molecule has 0 saturated heterocycles. The molecular weight excluding hydrogens is 252 g/mol. The first-order valence-corrected chi connectivity index (χ1v) is 6.02. The van der Waals surface area contributed by atoms with Crippen molar-refractivity contribution in [3.8, 4) is 6.07 Å². The van der Waals surface area contributed by atoms with Crippen LogP contribution in [0.2, 0.25) is 0 Å². The van der Waals surface area contributed by atoms with Crippen molar-refractivity contribution in [3.05, 3.63) is 53.6 Å². The maximum absolute atomic E-state index is 12.1. The molecule has 5 N–H and O–H groups in total. The van der Waals surface area contributed by atoms with E-state index in [9.17, 15) is 4.79 Å². The fraction of sp³-hybridized carbons (Fsp3) is 0.0667. The molecule has 0 saturated carbocycles. The molecule has 20 heavy (non-hydrogen) atoms. The summed E-state index contributed by atoms with van der Waals surface area (Å²) in [5.41, 5.74) is 14.2. The fourth-order valence-corrected chi connectivity index (χ4v) is 1.81. The number of hydrogen-bond donors (Lipinski definition) is 3. The summed E-state index contributed by atoms with van der Waals surface area (Å²) in [7, 11) is 0. The Hall–Kier alpha value is -3.00. The van der Waals surface area contributed by atoms with Crippen molar-refractivity contribution in [1.82, 2.24) is 0 Å². The van der Waals surface area contributed by atoms with Gasteiger partial charge in [-0.25, -0.2) is 0 Å². The fourth-order valence-electron chi connectivity index (χ4n) is 1.81. The predicted molar refractivity (Wildman–Crippen MR) is 79.0 cm³/mol. The van der Waals surface area contributed by atoms with Crippen molar-refractivity contribution in [2.45, 2.75) is 6.42 Å². The van der Waals surface area contributed by atoms with Gasteiger partial charge in [-0.15, -0.1) is 0 Å². The van der Waals surface area contributed by atoms with Crippen LogP contribution in [0.4, 0.5) is 17.1 Å². The molecule has 0 unspecified atom stereocenters. The SMILES string of the molecule is N#CCc1ccc(NC(=O)c2cc(N)cc(N)c2)cc1. The largest absolute Gasteiger partial charge is 0.399 e. The van der Waals surface area contributed by atoms with Gasteiger partial charge in [0, 0.05) is 22.6 Å². The van der Waals surface area contributed by atoms with Gasteiger partial charge in [-0.1, -0.05) is 12.1 Å². The number of nitrogens with zero attached hydrogens (tertiary/aromatic N) is 1. The van der Waals surface area contributed by atoms with Crippen molar-refractivity contribution >= 4 is 23.0 Å². The lowest BCUT2D eigenvalue weighted by Crippen LogP contribution is -2.12. The van der Waals surface area contributed by atoms with E-state index in [-0.39, 0.29) is 5.91 Å². The zero-order chi connectivity index (χ0) is 14.5. The Morgan fingerprint density at radius 2 is 1.70 bits per heavy atom. The second-order valence-corrected chi connectivity index (χ2v) is 4.37. The standard InChI is InChI=1S/C15H14N4O/c16-6-5-10-1-3-14(4-2-10)19-15(20)11-7-12(17)9-13(18)8-11/h1-4,7-9H,5,17-18H2,(H,19,20). The molecule has 0 atom stereocenters. The molecule has 0 aliphatic carbocycles. The average molecular weight is 266 g/mol. The third-order valence-corrected chi connectivity index (χ3v) is 2.73. The van der Waals surface area contributed by atoms with E-state index in [1.807, 2.05) is 0 Å². The Morgan fingerprint density at radius 3 is 2.25 bits per heavy atom. The smallest absolute Gasteiger partial charge is 0.255 e. The Balaban J connectivity index is 2.13. The predicted octanol–water partition coefficient (Wildman–Crippen LogP) is 2.17. The highest BCUT2D eigenvalue weighted by molar-refractivity contribution is 6.05. The molecule has 0 heterocycles. The zero-order valence-corrected chi connectivity index (χ0v) is 10.8. The summed E-state index contributed by atoms with van der Waals surface area (Å²) < 4.78 is 0. The van der Waals surface area contributed by atoms with Gasteiger partial charge in [-0.3, -0.25) is 4.79 Å². The topological polar surface area (TPSA) is 105 Å². The molecule has 100 valence electrons. The molecule has 0 bridgehead atoms. The Bertz CT molecular complexity index is 651. The van der Waals surface area contributed by atoms with Gasteiger partial charge >= 0.3 is 0 Å². The van der Waals surface area contributed by atoms with Gasteiger partial charge in [-0.2, -0.15) is 5.26 Å². The Kier molecular flexibility index (Phi) is 3.87. The van der Waals surface area contributed by atoms with E-state index in [0.29, 0.717) is 29.0 Å². The molecule has 5 nitrogen and oxygen atoms in total. The van der Waals surface area contributed by atoms with Crippen LogP contribution >= 0.6 is 0 Å². The molecule has 0 aliphatic heterocycles. The van der Waals surface area contributed by atoms with E-state index >= 15 is 0 Å². The van der Waals surface area contributed by atoms with Crippen LogP contribution < -0.4 is 16.8 Å². The molecule has 0 aromatic heterocycles. The first-order valence-electron chi connectivity index (χ1n) is 6.02. The molecule has 2 aromatic carbocycles. The lowest BCUT2D eigenvalue weighted by atomic mass is 10.1. The maximum atomic E-state index is 12.1. The Morgan fingerprint density at radius 1 is 1.10 bits per heavy atom. The summed E-state index contributed by atoms with van der Waals surface area (Å²) >= 11 is 0. The van der Waals surface area contributed by atoms with Crippen molar-refractivity contribution in [1.29, 1.82) is 5.26 Å². The zero-order valence-electron chi connectivity index (χ0n) is 10.8. The summed E-state index contributed by atoms with van der Waals surface area (Å²) in [4.78, 5) is 12.1. The maximum Gasteiger partial charge on any atom is 0.255 e. The number of nitrogens with one attached hydrogen (secondary N) is 1. The summed E-state index contributed by atoms with van der Waals surface area (Å²) in [6.45, 7) is 0. The first-order chi connectivity index (χ1) is 9.58. The highest BCUT2D eigenvalue weighted by Gasteiger charge is 2.07. The number of carbonyl (C=O) groups excluding carboxylic acids is 1. The van der Waals surface area contributed by atoms with Crippen LogP contribution in [0.5, 0.6) is 0 Å². The second kappa shape index (κ2) is 5.76. The van der Waals surface area contributed by atoms with Gasteiger partial charge in [0.15, 0.2) is 0 Å².